The van der Waals surface area contributed by atoms with Gasteiger partial charge in [-0.05, 0) is 95.3 Å². The summed E-state index contributed by atoms with van der Waals surface area (Å²) in [5.41, 5.74) is 5.20. The van der Waals surface area contributed by atoms with Crippen molar-refractivity contribution in [3.05, 3.63) is 87.6 Å². The fraction of sp³-hybridized carbons (Fsp3) is 0.439. The maximum Gasteiger partial charge on any atom is 0.267 e. The second kappa shape index (κ2) is 23.3. The lowest BCUT2D eigenvalue weighted by atomic mass is 9.92. The summed E-state index contributed by atoms with van der Waals surface area (Å²) in [7, 11) is 3.05. The largest absolute Gasteiger partial charge is 0.493 e. The van der Waals surface area contributed by atoms with E-state index in [0.29, 0.717) is 89.2 Å². The lowest BCUT2D eigenvalue weighted by Crippen LogP contribution is -2.45. The monoisotopic (exact) mass is 1100 g/mol. The number of imide groups is 1. The predicted octanol–water partition coefficient (Wildman–Crippen LogP) is 8.44. The molecule has 2 N–H and O–H groups in total. The number of hydrogen-bond acceptors (Lipinski definition) is 14. The minimum Gasteiger partial charge on any atom is -0.493 e. The van der Waals surface area contributed by atoms with E-state index in [-0.39, 0.29) is 96.1 Å². The zero-order chi connectivity index (χ0) is 53.8. The van der Waals surface area contributed by atoms with Crippen molar-refractivity contribution in [1.82, 2.24) is 15.1 Å². The van der Waals surface area contributed by atoms with Gasteiger partial charge in [-0.1, -0.05) is 39.3 Å². The van der Waals surface area contributed by atoms with Gasteiger partial charge >= 0.3 is 0 Å². The van der Waals surface area contributed by atoms with E-state index >= 15 is 0 Å². The van der Waals surface area contributed by atoms with E-state index in [1.54, 1.807) is 54.4 Å². The molecule has 18 nitrogen and oxygen atoms in total. The highest BCUT2D eigenvalue weighted by molar-refractivity contribution is 9.12. The number of carbonyl (C=O) groups excluding carboxylic acids is 7. The molecule has 1 aliphatic carbocycles. The number of nitrogens with one attached hydrogen (secondary N) is 2. The molecule has 1 unspecified atom stereocenters. The van der Waals surface area contributed by atoms with Crippen LogP contribution in [0.4, 0.5) is 17.1 Å². The second-order valence-corrected chi connectivity index (χ2v) is 21.2. The Hall–Kier alpha value is -7.28. The molecule has 1 saturated carbocycles. The molecule has 0 saturated heterocycles. The van der Waals surface area contributed by atoms with Crippen molar-refractivity contribution in [2.24, 2.45) is 38.6 Å². The minimum atomic E-state index is -0.765. The Morgan fingerprint density at radius 1 is 0.789 bits per heavy atom. The van der Waals surface area contributed by atoms with Crippen LogP contribution in [0.5, 0.6) is 23.0 Å². The van der Waals surface area contributed by atoms with Gasteiger partial charge in [0.1, 0.15) is 6.04 Å². The molecule has 9 rings (SSSR count). The first-order valence-electron chi connectivity index (χ1n) is 26.0. The third-order valence-electron chi connectivity index (χ3n) is 14.5. The SMILES string of the molecule is COc1cc2c(cc1OCCCOc1cc3c(cc1OC)C(=O)N1C=C(C4CC4)C[C@@H]1C=N3)N=C[C@H]1CC(c3ccc(NC(=O)[C@@H](C)CC(=O)[C@H](NC(=O)CCCCCN4C(=O)C=C(Br)C4=O)C(C)C)cc3)=NC1C2=O. The molecule has 0 radical (unpaired) electrons. The second-order valence-electron chi connectivity index (χ2n) is 20.4. The average molecular weight is 1100 g/mol. The lowest BCUT2D eigenvalue weighted by molar-refractivity contribution is -0.137. The number of rotatable bonds is 23. The highest BCUT2D eigenvalue weighted by atomic mass is 79.9. The number of ketones is 2. The van der Waals surface area contributed by atoms with Crippen LogP contribution >= 0.6 is 15.9 Å². The number of Topliss-reactive ketones (excluding diaryl/α,β-unsaturated/α-hetero) is 2. The number of anilines is 1. The Morgan fingerprint density at radius 3 is 2.11 bits per heavy atom. The molecule has 0 aromatic heterocycles. The summed E-state index contributed by atoms with van der Waals surface area (Å²) >= 11 is 3.08. The van der Waals surface area contributed by atoms with Crippen molar-refractivity contribution in [1.29, 1.82) is 0 Å². The van der Waals surface area contributed by atoms with Crippen LogP contribution < -0.4 is 29.6 Å². The Morgan fingerprint density at radius 2 is 1.46 bits per heavy atom. The van der Waals surface area contributed by atoms with Gasteiger partial charge in [0, 0.05) is 97.9 Å². The van der Waals surface area contributed by atoms with Crippen LogP contribution in [0.1, 0.15) is 111 Å². The van der Waals surface area contributed by atoms with Crippen LogP contribution in [0, 0.1) is 23.7 Å². The molecule has 1 fully saturated rings. The van der Waals surface area contributed by atoms with Gasteiger partial charge in [-0.25, -0.2) is 0 Å². The fourth-order valence-corrected chi connectivity index (χ4v) is 10.5. The van der Waals surface area contributed by atoms with Crippen molar-refractivity contribution < 1.29 is 52.5 Å². The van der Waals surface area contributed by atoms with Crippen LogP contribution in [0.3, 0.4) is 0 Å². The molecule has 0 bridgehead atoms. The highest BCUT2D eigenvalue weighted by Gasteiger charge is 2.40. The van der Waals surface area contributed by atoms with Gasteiger partial charge in [0.05, 0.1) is 60.9 Å². The van der Waals surface area contributed by atoms with Gasteiger partial charge in [0.15, 0.2) is 34.6 Å². The number of benzene rings is 3. The normalized spacial score (nSPS) is 20.1. The van der Waals surface area contributed by atoms with Crippen LogP contribution in [-0.4, -0.2) is 121 Å². The van der Waals surface area contributed by atoms with Crippen molar-refractivity contribution in [2.45, 2.75) is 103 Å². The number of nitrogens with zero attached hydrogens (tertiary/aromatic N) is 5. The van der Waals surface area contributed by atoms with E-state index in [2.05, 4.69) is 26.6 Å². The molecule has 0 spiro atoms. The van der Waals surface area contributed by atoms with Crippen molar-refractivity contribution in [3.63, 3.8) is 0 Å². The molecule has 5 atom stereocenters. The molecule has 398 valence electrons. The quantitative estimate of drug-likeness (QED) is 0.0677. The highest BCUT2D eigenvalue weighted by Crippen LogP contribution is 2.45. The molecule has 5 amide bonds. The summed E-state index contributed by atoms with van der Waals surface area (Å²) in [5.74, 6) is -0.762. The zero-order valence-corrected chi connectivity index (χ0v) is 44.9. The topological polar surface area (TPSA) is 224 Å². The van der Waals surface area contributed by atoms with E-state index < -0.39 is 18.0 Å². The van der Waals surface area contributed by atoms with Gasteiger partial charge in [0.25, 0.3) is 17.7 Å². The number of ether oxygens (including phenoxy) is 4. The molecule has 76 heavy (non-hydrogen) atoms. The number of halogens is 1. The van der Waals surface area contributed by atoms with E-state index in [0.717, 1.165) is 22.6 Å². The number of fused-ring (bicyclic) bond motifs is 4. The average Bonchev–Trinajstić information content (AvgIpc) is 4.05. The Bertz CT molecular complexity index is 3000. The van der Waals surface area contributed by atoms with E-state index in [9.17, 15) is 33.6 Å². The third-order valence-corrected chi connectivity index (χ3v) is 15.1. The molecule has 19 heteroatoms. The van der Waals surface area contributed by atoms with Gasteiger partial charge in [-0.15, -0.1) is 0 Å². The Balaban J connectivity index is 0.734. The summed E-state index contributed by atoms with van der Waals surface area (Å²) in [6, 6.07) is 12.4. The molecule has 5 aliphatic heterocycles. The summed E-state index contributed by atoms with van der Waals surface area (Å²) in [6.07, 6.45) is 12.8. The number of methoxy groups -OCH3 is 2. The summed E-state index contributed by atoms with van der Waals surface area (Å²) in [4.78, 5) is 108. The van der Waals surface area contributed by atoms with Gasteiger partial charge in [-0.3, -0.25) is 53.4 Å². The molecule has 5 heterocycles. The summed E-state index contributed by atoms with van der Waals surface area (Å²) in [5, 5.41) is 5.73. The fourth-order valence-electron chi connectivity index (χ4n) is 10.1. The summed E-state index contributed by atoms with van der Waals surface area (Å²) < 4.78 is 23.8. The molecule has 6 aliphatic rings. The van der Waals surface area contributed by atoms with E-state index in [4.69, 9.17) is 33.9 Å². The third kappa shape index (κ3) is 11.9. The maximum atomic E-state index is 14.1. The first kappa shape index (κ1) is 53.5. The number of aliphatic imine (C=N–C) groups is 3. The molecular weight excluding hydrogens is 1040 g/mol. The van der Waals surface area contributed by atoms with Crippen molar-refractivity contribution >= 4 is 92.2 Å². The zero-order valence-electron chi connectivity index (χ0n) is 43.3. The van der Waals surface area contributed by atoms with Crippen LogP contribution in [0.15, 0.2) is 85.8 Å². The lowest BCUT2D eigenvalue weighted by Gasteiger charge is -2.23. The Kier molecular flexibility index (Phi) is 16.4. The number of carbonyl (C=O) groups is 7. The van der Waals surface area contributed by atoms with Gasteiger partial charge < -0.3 is 34.5 Å². The minimum absolute atomic E-state index is 0.0725. The van der Waals surface area contributed by atoms with Crippen LogP contribution in [0.25, 0.3) is 0 Å². The van der Waals surface area contributed by atoms with E-state index in [1.807, 2.05) is 38.4 Å². The van der Waals surface area contributed by atoms with Gasteiger partial charge in [0.2, 0.25) is 11.8 Å². The predicted molar refractivity (Wildman–Crippen MR) is 289 cm³/mol. The maximum absolute atomic E-state index is 14.1. The summed E-state index contributed by atoms with van der Waals surface area (Å²) in [6.45, 7) is 6.15. The molecule has 3 aromatic carbocycles. The molecule has 3 aromatic rings. The number of amides is 5. The van der Waals surface area contributed by atoms with Crippen LogP contribution in [-0.2, 0) is 24.0 Å². The van der Waals surface area contributed by atoms with Crippen molar-refractivity contribution in [2.75, 3.05) is 39.3 Å². The number of unbranched alkanes of at least 4 members (excludes halogenated alkanes) is 2. The first-order chi connectivity index (χ1) is 36.6. The smallest absolute Gasteiger partial charge is 0.267 e. The van der Waals surface area contributed by atoms with Crippen LogP contribution in [0.2, 0.25) is 0 Å². The van der Waals surface area contributed by atoms with E-state index in [1.165, 1.54) is 38.7 Å². The standard InChI is InChI=1S/C57H62BrN7O11/c1-31(2)52(63-50(67)10-7-6-8-17-64-51(68)25-41(58)57(64)72)45(66)20-32(3)55(70)61-37-15-13-34(14-16-37)42-22-35-28-59-43-26-48(46(73-4)23-39(43)54(69)53(35)62-42)75-18-9-19-76-49-27-44-40(24-47(49)74-5)56(71)65-30-36(33-11-12-33)21-38(65)29-60-44/h13-16,23-33,35,38,52-53H,6-12,17-22H2,1-5H3,(H,61,70)(H,63,67)/t32-,35+,38+,52+,53?/m0/s1. The molecular formula is C57H62BrN7O11. The Labute approximate surface area is 449 Å². The number of hydrogen-bond donors (Lipinski definition) is 2. The first-order valence-corrected chi connectivity index (χ1v) is 26.8. The van der Waals surface area contributed by atoms with Gasteiger partial charge in [-0.2, -0.15) is 0 Å². The van der Waals surface area contributed by atoms with Crippen molar-refractivity contribution in [3.8, 4) is 23.0 Å².